The van der Waals surface area contributed by atoms with Gasteiger partial charge in [-0.05, 0) is 19.4 Å². The Morgan fingerprint density at radius 2 is 2.00 bits per heavy atom. The number of piperazine rings is 1. The standard InChI is InChI=1S/C15H22N6/c1-15(2)11-20(14-17-13(16)18-19-14)8-9-21(15)10-12-6-4-3-5-7-12/h3-7H,8-11H2,1-2H3,(H3,16,17,18,19). The highest BCUT2D eigenvalue weighted by Crippen LogP contribution is 2.25. The van der Waals surface area contributed by atoms with E-state index in [-0.39, 0.29) is 5.54 Å². The maximum Gasteiger partial charge on any atom is 0.246 e. The molecule has 0 bridgehead atoms. The summed E-state index contributed by atoms with van der Waals surface area (Å²) in [4.78, 5) is 8.93. The maximum absolute atomic E-state index is 5.62. The Balaban J connectivity index is 1.70. The second-order valence-electron chi connectivity index (χ2n) is 6.16. The van der Waals surface area contributed by atoms with Crippen molar-refractivity contribution < 1.29 is 0 Å². The molecule has 0 radical (unpaired) electrons. The smallest absolute Gasteiger partial charge is 0.246 e. The van der Waals surface area contributed by atoms with Gasteiger partial charge in [0.2, 0.25) is 11.9 Å². The van der Waals surface area contributed by atoms with Gasteiger partial charge in [-0.3, -0.25) is 4.90 Å². The average molecular weight is 286 g/mol. The molecule has 2 heterocycles. The lowest BCUT2D eigenvalue weighted by Crippen LogP contribution is -2.59. The van der Waals surface area contributed by atoms with Gasteiger partial charge in [-0.25, -0.2) is 5.10 Å². The monoisotopic (exact) mass is 286 g/mol. The Morgan fingerprint density at radius 3 is 2.62 bits per heavy atom. The van der Waals surface area contributed by atoms with Gasteiger partial charge >= 0.3 is 0 Å². The number of rotatable bonds is 3. The van der Waals surface area contributed by atoms with Crippen molar-refractivity contribution in [1.82, 2.24) is 20.1 Å². The van der Waals surface area contributed by atoms with Gasteiger partial charge < -0.3 is 10.6 Å². The molecule has 0 atom stereocenters. The number of nitrogens with two attached hydrogens (primary N) is 1. The number of aromatic amines is 1. The normalized spacial score (nSPS) is 18.9. The zero-order valence-corrected chi connectivity index (χ0v) is 12.6. The molecule has 1 aliphatic heterocycles. The molecule has 1 aromatic carbocycles. The lowest BCUT2D eigenvalue weighted by Gasteiger charge is -2.47. The van der Waals surface area contributed by atoms with Crippen LogP contribution in [0.2, 0.25) is 0 Å². The van der Waals surface area contributed by atoms with E-state index in [1.807, 2.05) is 0 Å². The van der Waals surface area contributed by atoms with Crippen LogP contribution in [0.5, 0.6) is 0 Å². The van der Waals surface area contributed by atoms with Crippen molar-refractivity contribution in [2.45, 2.75) is 25.9 Å². The van der Waals surface area contributed by atoms with Crippen LogP contribution < -0.4 is 10.6 Å². The third-order valence-electron chi connectivity index (χ3n) is 4.06. The van der Waals surface area contributed by atoms with E-state index in [2.05, 4.69) is 69.2 Å². The molecule has 0 aliphatic carbocycles. The second kappa shape index (κ2) is 5.37. The third-order valence-corrected chi connectivity index (χ3v) is 4.06. The SMILES string of the molecule is CC1(C)CN(c2n[nH]c(N)n2)CCN1Cc1ccccc1. The number of nitrogens with one attached hydrogen (secondary N) is 1. The average Bonchev–Trinajstić information content (AvgIpc) is 2.89. The molecule has 3 rings (SSSR count). The van der Waals surface area contributed by atoms with Crippen LogP contribution in [0.15, 0.2) is 30.3 Å². The van der Waals surface area contributed by atoms with Crippen molar-refractivity contribution in [2.24, 2.45) is 0 Å². The van der Waals surface area contributed by atoms with Gasteiger partial charge in [0.05, 0.1) is 0 Å². The molecule has 112 valence electrons. The van der Waals surface area contributed by atoms with Crippen LogP contribution in [0.3, 0.4) is 0 Å². The number of hydrogen-bond donors (Lipinski definition) is 2. The lowest BCUT2D eigenvalue weighted by atomic mass is 9.98. The predicted molar refractivity (Wildman–Crippen MR) is 83.9 cm³/mol. The summed E-state index contributed by atoms with van der Waals surface area (Å²) in [6, 6.07) is 10.6. The van der Waals surface area contributed by atoms with E-state index in [4.69, 9.17) is 5.73 Å². The highest BCUT2D eigenvalue weighted by molar-refractivity contribution is 5.35. The van der Waals surface area contributed by atoms with Crippen molar-refractivity contribution in [3.8, 4) is 0 Å². The number of H-pyrrole nitrogens is 1. The molecule has 6 heteroatoms. The summed E-state index contributed by atoms with van der Waals surface area (Å²) in [5.41, 5.74) is 7.02. The molecular weight excluding hydrogens is 264 g/mol. The summed E-state index contributed by atoms with van der Waals surface area (Å²) in [6.07, 6.45) is 0. The molecule has 1 fully saturated rings. The molecule has 0 amide bonds. The van der Waals surface area contributed by atoms with E-state index in [9.17, 15) is 0 Å². The van der Waals surface area contributed by atoms with Crippen LogP contribution in [-0.4, -0.2) is 45.3 Å². The van der Waals surface area contributed by atoms with E-state index in [1.54, 1.807) is 0 Å². The first-order chi connectivity index (χ1) is 10.0. The predicted octanol–water partition coefficient (Wildman–Crippen LogP) is 1.49. The Labute approximate surface area is 125 Å². The summed E-state index contributed by atoms with van der Waals surface area (Å²) in [7, 11) is 0. The molecule has 1 aromatic heterocycles. The van der Waals surface area contributed by atoms with Crippen molar-refractivity contribution in [3.63, 3.8) is 0 Å². The zero-order chi connectivity index (χ0) is 14.9. The van der Waals surface area contributed by atoms with Crippen LogP contribution >= 0.6 is 0 Å². The quantitative estimate of drug-likeness (QED) is 0.894. The largest absolute Gasteiger partial charge is 0.368 e. The first-order valence-corrected chi connectivity index (χ1v) is 7.26. The van der Waals surface area contributed by atoms with Crippen LogP contribution in [0, 0.1) is 0 Å². The van der Waals surface area contributed by atoms with E-state index < -0.39 is 0 Å². The minimum Gasteiger partial charge on any atom is -0.368 e. The summed E-state index contributed by atoms with van der Waals surface area (Å²) in [5, 5.41) is 6.87. The van der Waals surface area contributed by atoms with Gasteiger partial charge in [0.25, 0.3) is 0 Å². The fraction of sp³-hybridized carbons (Fsp3) is 0.467. The first kappa shape index (κ1) is 13.9. The van der Waals surface area contributed by atoms with Crippen molar-refractivity contribution >= 4 is 11.9 Å². The number of hydrogen-bond acceptors (Lipinski definition) is 5. The Kier molecular flexibility index (Phi) is 3.55. The Bertz CT molecular complexity index is 591. The molecule has 1 saturated heterocycles. The first-order valence-electron chi connectivity index (χ1n) is 7.26. The van der Waals surface area contributed by atoms with Gasteiger partial charge in [0.15, 0.2) is 0 Å². The third kappa shape index (κ3) is 3.00. The molecule has 6 nitrogen and oxygen atoms in total. The summed E-state index contributed by atoms with van der Waals surface area (Å²) < 4.78 is 0. The van der Waals surface area contributed by atoms with Crippen molar-refractivity contribution in [1.29, 1.82) is 0 Å². The Morgan fingerprint density at radius 1 is 1.24 bits per heavy atom. The fourth-order valence-electron chi connectivity index (χ4n) is 2.86. The molecule has 1 aliphatic rings. The van der Waals surface area contributed by atoms with Crippen LogP contribution in [0.4, 0.5) is 11.9 Å². The van der Waals surface area contributed by atoms with Gasteiger partial charge in [0.1, 0.15) is 0 Å². The molecule has 0 saturated carbocycles. The van der Waals surface area contributed by atoms with Crippen molar-refractivity contribution in [2.75, 3.05) is 30.3 Å². The topological polar surface area (TPSA) is 74.1 Å². The molecule has 2 aromatic rings. The van der Waals surface area contributed by atoms with Gasteiger partial charge in [-0.1, -0.05) is 30.3 Å². The van der Waals surface area contributed by atoms with Gasteiger partial charge in [-0.2, -0.15) is 4.98 Å². The zero-order valence-electron chi connectivity index (χ0n) is 12.6. The summed E-state index contributed by atoms with van der Waals surface area (Å²) in [5.74, 6) is 1.06. The van der Waals surface area contributed by atoms with Gasteiger partial charge in [0, 0.05) is 31.7 Å². The van der Waals surface area contributed by atoms with E-state index in [0.29, 0.717) is 11.9 Å². The van der Waals surface area contributed by atoms with E-state index >= 15 is 0 Å². The van der Waals surface area contributed by atoms with E-state index in [0.717, 1.165) is 26.2 Å². The molecule has 3 N–H and O–H groups in total. The maximum atomic E-state index is 5.62. The lowest BCUT2D eigenvalue weighted by molar-refractivity contribution is 0.0956. The van der Waals surface area contributed by atoms with Crippen molar-refractivity contribution in [3.05, 3.63) is 35.9 Å². The molecule has 0 spiro atoms. The number of anilines is 2. The number of nitrogen functional groups attached to an aromatic ring is 1. The van der Waals surface area contributed by atoms with Crippen LogP contribution in [-0.2, 0) is 6.54 Å². The highest BCUT2D eigenvalue weighted by Gasteiger charge is 2.34. The fourth-order valence-corrected chi connectivity index (χ4v) is 2.86. The van der Waals surface area contributed by atoms with Crippen LogP contribution in [0.1, 0.15) is 19.4 Å². The van der Waals surface area contributed by atoms with Gasteiger partial charge in [-0.15, -0.1) is 5.10 Å². The second-order valence-corrected chi connectivity index (χ2v) is 6.16. The minimum absolute atomic E-state index is 0.0590. The van der Waals surface area contributed by atoms with E-state index in [1.165, 1.54) is 5.56 Å². The summed E-state index contributed by atoms with van der Waals surface area (Å²) >= 11 is 0. The molecular formula is C15H22N6. The minimum atomic E-state index is 0.0590. The summed E-state index contributed by atoms with van der Waals surface area (Å²) in [6.45, 7) is 8.27. The van der Waals surface area contributed by atoms with Crippen LogP contribution in [0.25, 0.3) is 0 Å². The Hall–Kier alpha value is -2.08. The molecule has 21 heavy (non-hydrogen) atoms. The number of benzene rings is 1. The molecule has 0 unspecified atom stereocenters. The number of aromatic nitrogens is 3. The number of nitrogens with zero attached hydrogens (tertiary/aromatic N) is 4. The highest BCUT2D eigenvalue weighted by atomic mass is 15.4.